The normalized spacial score (nSPS) is 11.2. The lowest BCUT2D eigenvalue weighted by Gasteiger charge is -2.08. The molecular formula is C23H19N5O. The molecule has 1 amide bonds. The minimum absolute atomic E-state index is 0.162. The monoisotopic (exact) mass is 381 g/mol. The number of rotatable bonds is 4. The SMILES string of the molecule is CCn1c2ccccc2c2cc(NC(=O)c3cccc(-n4cncn4)c3)ccc21. The Kier molecular flexibility index (Phi) is 4.09. The van der Waals surface area contributed by atoms with Crippen LogP contribution >= 0.6 is 0 Å². The Morgan fingerprint density at radius 1 is 0.966 bits per heavy atom. The van der Waals surface area contributed by atoms with Gasteiger partial charge in [0.15, 0.2) is 0 Å². The van der Waals surface area contributed by atoms with Crippen molar-refractivity contribution in [2.24, 2.45) is 0 Å². The number of aryl methyl sites for hydroxylation is 1. The fraction of sp³-hybridized carbons (Fsp3) is 0.0870. The molecule has 0 fully saturated rings. The van der Waals surface area contributed by atoms with E-state index in [-0.39, 0.29) is 5.91 Å². The summed E-state index contributed by atoms with van der Waals surface area (Å²) >= 11 is 0. The molecule has 29 heavy (non-hydrogen) atoms. The van der Waals surface area contributed by atoms with Crippen LogP contribution in [0.3, 0.4) is 0 Å². The van der Waals surface area contributed by atoms with Gasteiger partial charge in [0.2, 0.25) is 0 Å². The first kappa shape index (κ1) is 17.2. The van der Waals surface area contributed by atoms with E-state index in [1.165, 1.54) is 22.7 Å². The summed E-state index contributed by atoms with van der Waals surface area (Å²) in [6.45, 7) is 3.04. The van der Waals surface area contributed by atoms with Crippen molar-refractivity contribution in [1.29, 1.82) is 0 Å². The number of para-hydroxylation sites is 1. The zero-order valence-electron chi connectivity index (χ0n) is 15.9. The Hall–Kier alpha value is -3.93. The molecule has 0 aliphatic heterocycles. The number of anilines is 1. The molecule has 0 aliphatic rings. The smallest absolute Gasteiger partial charge is 0.255 e. The highest BCUT2D eigenvalue weighted by molar-refractivity contribution is 6.11. The Balaban J connectivity index is 1.50. The van der Waals surface area contributed by atoms with Crippen LogP contribution in [0.1, 0.15) is 17.3 Å². The minimum atomic E-state index is -0.162. The van der Waals surface area contributed by atoms with Crippen molar-refractivity contribution >= 4 is 33.4 Å². The van der Waals surface area contributed by atoms with Crippen molar-refractivity contribution in [1.82, 2.24) is 19.3 Å². The molecule has 2 aromatic heterocycles. The molecule has 0 unspecified atom stereocenters. The number of aromatic nitrogens is 4. The van der Waals surface area contributed by atoms with Gasteiger partial charge >= 0.3 is 0 Å². The van der Waals surface area contributed by atoms with Crippen LogP contribution in [0.2, 0.25) is 0 Å². The van der Waals surface area contributed by atoms with Gasteiger partial charge < -0.3 is 9.88 Å². The summed E-state index contributed by atoms with van der Waals surface area (Å²) in [5.74, 6) is -0.162. The van der Waals surface area contributed by atoms with Crippen LogP contribution < -0.4 is 5.32 Å². The molecular weight excluding hydrogens is 362 g/mol. The minimum Gasteiger partial charge on any atom is -0.341 e. The predicted octanol–water partition coefficient (Wildman–Crippen LogP) is 4.65. The summed E-state index contributed by atoms with van der Waals surface area (Å²) in [5.41, 5.74) is 4.49. The number of carbonyl (C=O) groups excluding carboxylic acids is 1. The van der Waals surface area contributed by atoms with Gasteiger partial charge in [-0.25, -0.2) is 9.67 Å². The van der Waals surface area contributed by atoms with Crippen LogP contribution in [0.25, 0.3) is 27.5 Å². The molecule has 0 radical (unpaired) electrons. The molecule has 0 saturated heterocycles. The molecule has 5 rings (SSSR count). The topological polar surface area (TPSA) is 64.7 Å². The van der Waals surface area contributed by atoms with Gasteiger partial charge in [-0.3, -0.25) is 4.79 Å². The molecule has 3 aromatic carbocycles. The van der Waals surface area contributed by atoms with Crippen LogP contribution in [0.15, 0.2) is 79.4 Å². The molecule has 2 heterocycles. The molecule has 0 aliphatic carbocycles. The third kappa shape index (κ3) is 2.95. The maximum Gasteiger partial charge on any atom is 0.255 e. The number of hydrogen-bond acceptors (Lipinski definition) is 3. The molecule has 0 atom stereocenters. The lowest BCUT2D eigenvalue weighted by atomic mass is 10.1. The largest absolute Gasteiger partial charge is 0.341 e. The van der Waals surface area contributed by atoms with E-state index < -0.39 is 0 Å². The molecule has 6 nitrogen and oxygen atoms in total. The van der Waals surface area contributed by atoms with E-state index >= 15 is 0 Å². The quantitative estimate of drug-likeness (QED) is 0.493. The second-order valence-corrected chi connectivity index (χ2v) is 6.84. The van der Waals surface area contributed by atoms with Gasteiger partial charge in [-0.2, -0.15) is 5.10 Å². The highest BCUT2D eigenvalue weighted by atomic mass is 16.1. The number of hydrogen-bond donors (Lipinski definition) is 1. The van der Waals surface area contributed by atoms with Crippen molar-refractivity contribution in [3.8, 4) is 5.69 Å². The third-order valence-electron chi connectivity index (χ3n) is 5.14. The summed E-state index contributed by atoms with van der Waals surface area (Å²) in [7, 11) is 0. The molecule has 0 bridgehead atoms. The summed E-state index contributed by atoms with van der Waals surface area (Å²) in [4.78, 5) is 16.8. The summed E-state index contributed by atoms with van der Waals surface area (Å²) in [6.07, 6.45) is 3.07. The Morgan fingerprint density at radius 2 is 1.83 bits per heavy atom. The lowest BCUT2D eigenvalue weighted by Crippen LogP contribution is -2.12. The molecule has 142 valence electrons. The van der Waals surface area contributed by atoms with E-state index in [9.17, 15) is 4.79 Å². The number of amides is 1. The summed E-state index contributed by atoms with van der Waals surface area (Å²) in [6, 6.07) is 21.7. The highest BCUT2D eigenvalue weighted by Crippen LogP contribution is 2.31. The third-order valence-corrected chi connectivity index (χ3v) is 5.14. The van der Waals surface area contributed by atoms with E-state index in [2.05, 4.69) is 51.2 Å². The lowest BCUT2D eigenvalue weighted by molar-refractivity contribution is 0.102. The number of fused-ring (bicyclic) bond motifs is 3. The Labute approximate surface area is 167 Å². The van der Waals surface area contributed by atoms with Gasteiger partial charge in [0, 0.05) is 39.6 Å². The summed E-state index contributed by atoms with van der Waals surface area (Å²) < 4.78 is 3.92. The summed E-state index contributed by atoms with van der Waals surface area (Å²) in [5, 5.41) is 9.46. The van der Waals surface area contributed by atoms with Gasteiger partial charge in [0.1, 0.15) is 12.7 Å². The second-order valence-electron chi connectivity index (χ2n) is 6.84. The number of benzene rings is 3. The molecule has 0 saturated carbocycles. The van der Waals surface area contributed by atoms with Gasteiger partial charge in [-0.05, 0) is 49.4 Å². The van der Waals surface area contributed by atoms with Crippen LogP contribution in [0, 0.1) is 0 Å². The fourth-order valence-corrected chi connectivity index (χ4v) is 3.81. The molecule has 5 aromatic rings. The fourth-order valence-electron chi connectivity index (χ4n) is 3.81. The number of nitrogens with zero attached hydrogens (tertiary/aromatic N) is 4. The molecule has 1 N–H and O–H groups in total. The van der Waals surface area contributed by atoms with Crippen LogP contribution in [-0.2, 0) is 6.54 Å². The van der Waals surface area contributed by atoms with Crippen LogP contribution in [-0.4, -0.2) is 25.2 Å². The maximum atomic E-state index is 12.8. The molecule has 0 spiro atoms. The Morgan fingerprint density at radius 3 is 2.66 bits per heavy atom. The van der Waals surface area contributed by atoms with E-state index in [4.69, 9.17) is 0 Å². The van der Waals surface area contributed by atoms with Crippen molar-refractivity contribution in [3.05, 3.63) is 84.9 Å². The van der Waals surface area contributed by atoms with E-state index in [1.807, 2.05) is 30.3 Å². The van der Waals surface area contributed by atoms with Crippen LogP contribution in [0.4, 0.5) is 5.69 Å². The molecule has 6 heteroatoms. The second kappa shape index (κ2) is 6.91. The standard InChI is InChI=1S/C23H19N5O/c1-2-27-21-9-4-3-8-19(21)20-13-17(10-11-22(20)27)26-23(29)16-6-5-7-18(12-16)28-15-24-14-25-28/h3-15H,2H2,1H3,(H,26,29). The zero-order valence-corrected chi connectivity index (χ0v) is 15.9. The zero-order chi connectivity index (χ0) is 19.8. The first-order valence-electron chi connectivity index (χ1n) is 9.52. The van der Waals surface area contributed by atoms with Gasteiger partial charge in [0.05, 0.1) is 5.69 Å². The van der Waals surface area contributed by atoms with Gasteiger partial charge in [-0.15, -0.1) is 0 Å². The average molecular weight is 381 g/mol. The number of carbonyl (C=O) groups is 1. The van der Waals surface area contributed by atoms with E-state index in [0.29, 0.717) is 5.56 Å². The first-order valence-corrected chi connectivity index (χ1v) is 9.52. The first-order chi connectivity index (χ1) is 14.2. The Bertz CT molecular complexity index is 1330. The predicted molar refractivity (Wildman–Crippen MR) is 114 cm³/mol. The van der Waals surface area contributed by atoms with Crippen molar-refractivity contribution in [2.75, 3.05) is 5.32 Å². The van der Waals surface area contributed by atoms with Crippen LogP contribution in [0.5, 0.6) is 0 Å². The average Bonchev–Trinajstić information content (AvgIpc) is 3.40. The maximum absolute atomic E-state index is 12.8. The van der Waals surface area contributed by atoms with Gasteiger partial charge in [-0.1, -0.05) is 24.3 Å². The van der Waals surface area contributed by atoms with Crippen molar-refractivity contribution in [3.63, 3.8) is 0 Å². The van der Waals surface area contributed by atoms with Gasteiger partial charge in [0.25, 0.3) is 5.91 Å². The van der Waals surface area contributed by atoms with E-state index in [1.54, 1.807) is 23.1 Å². The highest BCUT2D eigenvalue weighted by Gasteiger charge is 2.12. The van der Waals surface area contributed by atoms with Crippen molar-refractivity contribution < 1.29 is 4.79 Å². The number of nitrogens with one attached hydrogen (secondary N) is 1. The van der Waals surface area contributed by atoms with E-state index in [0.717, 1.165) is 23.3 Å². The van der Waals surface area contributed by atoms with Crippen molar-refractivity contribution in [2.45, 2.75) is 13.5 Å².